The number of rotatable bonds is 3. The summed E-state index contributed by atoms with van der Waals surface area (Å²) >= 11 is 0. The average Bonchev–Trinajstić information content (AvgIpc) is 3.26. The molecule has 2 saturated carbocycles. The Balaban J connectivity index is 1.68. The molecular formula is C24H25NO2. The van der Waals surface area contributed by atoms with Crippen LogP contribution in [0.5, 0.6) is 0 Å². The Labute approximate surface area is 160 Å². The molecule has 0 aromatic heterocycles. The summed E-state index contributed by atoms with van der Waals surface area (Å²) in [6.07, 6.45) is 3.64. The number of benzene rings is 2. The van der Waals surface area contributed by atoms with Crippen LogP contribution in [0.15, 0.2) is 60.3 Å². The van der Waals surface area contributed by atoms with E-state index in [-0.39, 0.29) is 6.09 Å². The number of hydrogen-bond acceptors (Lipinski definition) is 2. The minimum atomic E-state index is -0.290. The topological polar surface area (TPSA) is 29.5 Å². The highest BCUT2D eigenvalue weighted by Crippen LogP contribution is 2.66. The normalized spacial score (nSPS) is 27.9. The molecule has 2 aromatic rings. The lowest BCUT2D eigenvalue weighted by molar-refractivity contribution is 0.176. The number of aryl methyl sites for hydroxylation is 1. The van der Waals surface area contributed by atoms with Gasteiger partial charge in [-0.1, -0.05) is 48.0 Å². The number of hydrogen-bond donors (Lipinski definition) is 0. The van der Waals surface area contributed by atoms with Crippen molar-refractivity contribution in [2.45, 2.75) is 26.2 Å². The summed E-state index contributed by atoms with van der Waals surface area (Å²) in [5.41, 5.74) is 5.95. The molecule has 2 aromatic carbocycles. The Morgan fingerprint density at radius 3 is 2.30 bits per heavy atom. The SMILES string of the molecule is COC(=O)N(C1=C(c2ccc(C)cc2)[C@H]2[C@@H]3CC[C@@H](C3)[C@@H]12)c1ccccc1. The average molecular weight is 359 g/mol. The Bertz CT molecular complexity index is 900. The van der Waals surface area contributed by atoms with Crippen molar-refractivity contribution >= 4 is 17.4 Å². The van der Waals surface area contributed by atoms with Crippen molar-refractivity contribution in [1.29, 1.82) is 0 Å². The van der Waals surface area contributed by atoms with Crippen molar-refractivity contribution in [3.8, 4) is 0 Å². The molecule has 0 N–H and O–H groups in total. The molecule has 27 heavy (non-hydrogen) atoms. The first-order chi connectivity index (χ1) is 13.2. The van der Waals surface area contributed by atoms with Crippen LogP contribution in [-0.2, 0) is 4.74 Å². The van der Waals surface area contributed by atoms with Crippen molar-refractivity contribution in [2.24, 2.45) is 23.7 Å². The molecule has 3 aliphatic rings. The fraction of sp³-hybridized carbons (Fsp3) is 0.375. The van der Waals surface area contributed by atoms with Crippen molar-refractivity contribution in [3.63, 3.8) is 0 Å². The first-order valence-electron chi connectivity index (χ1n) is 9.93. The zero-order valence-corrected chi connectivity index (χ0v) is 15.9. The van der Waals surface area contributed by atoms with E-state index in [0.29, 0.717) is 17.8 Å². The van der Waals surface area contributed by atoms with Gasteiger partial charge in [-0.15, -0.1) is 0 Å². The van der Waals surface area contributed by atoms with Crippen LogP contribution in [0.2, 0.25) is 0 Å². The number of carbonyl (C=O) groups excluding carboxylic acids is 1. The van der Waals surface area contributed by atoms with Crippen molar-refractivity contribution in [3.05, 3.63) is 71.4 Å². The predicted molar refractivity (Wildman–Crippen MR) is 107 cm³/mol. The summed E-state index contributed by atoms with van der Waals surface area (Å²) in [6.45, 7) is 2.12. The van der Waals surface area contributed by atoms with Gasteiger partial charge in [0.2, 0.25) is 0 Å². The minimum Gasteiger partial charge on any atom is -0.452 e. The fourth-order valence-corrected chi connectivity index (χ4v) is 5.71. The lowest BCUT2D eigenvalue weighted by atomic mass is 9.61. The lowest BCUT2D eigenvalue weighted by Gasteiger charge is -2.48. The molecule has 0 aliphatic heterocycles. The molecule has 2 bridgehead atoms. The largest absolute Gasteiger partial charge is 0.452 e. The first-order valence-corrected chi connectivity index (χ1v) is 9.93. The summed E-state index contributed by atoms with van der Waals surface area (Å²) in [5, 5.41) is 0. The second kappa shape index (κ2) is 6.26. The molecule has 0 heterocycles. The molecule has 0 unspecified atom stereocenters. The number of methoxy groups -OCH3 is 1. The number of amides is 1. The highest BCUT2D eigenvalue weighted by atomic mass is 16.5. The molecule has 138 valence electrons. The van der Waals surface area contributed by atoms with Gasteiger partial charge in [0.05, 0.1) is 12.8 Å². The van der Waals surface area contributed by atoms with Crippen LogP contribution in [0.4, 0.5) is 10.5 Å². The van der Waals surface area contributed by atoms with Crippen LogP contribution >= 0.6 is 0 Å². The maximum atomic E-state index is 12.8. The molecule has 3 heteroatoms. The van der Waals surface area contributed by atoms with E-state index >= 15 is 0 Å². The van der Waals surface area contributed by atoms with Gasteiger partial charge in [0.1, 0.15) is 0 Å². The van der Waals surface area contributed by atoms with Gasteiger partial charge in [0.15, 0.2) is 0 Å². The number of ether oxygens (including phenoxy) is 1. The minimum absolute atomic E-state index is 0.290. The second-order valence-corrected chi connectivity index (χ2v) is 8.19. The van der Waals surface area contributed by atoms with Gasteiger partial charge in [0, 0.05) is 11.6 Å². The van der Waals surface area contributed by atoms with E-state index in [4.69, 9.17) is 4.74 Å². The smallest absolute Gasteiger partial charge is 0.418 e. The third-order valence-corrected chi connectivity index (χ3v) is 6.82. The molecule has 2 fully saturated rings. The van der Waals surface area contributed by atoms with Crippen molar-refractivity contribution in [1.82, 2.24) is 0 Å². The molecule has 0 spiro atoms. The third kappa shape index (κ3) is 2.44. The monoisotopic (exact) mass is 359 g/mol. The molecule has 0 radical (unpaired) electrons. The number of fused-ring (bicyclic) bond motifs is 5. The van der Waals surface area contributed by atoms with Gasteiger partial charge >= 0.3 is 6.09 Å². The molecule has 3 aliphatic carbocycles. The summed E-state index contributed by atoms with van der Waals surface area (Å²) in [5.74, 6) is 2.56. The Hall–Kier alpha value is -2.55. The molecule has 4 atom stereocenters. The molecule has 0 saturated heterocycles. The van der Waals surface area contributed by atoms with E-state index in [2.05, 4.69) is 31.2 Å². The van der Waals surface area contributed by atoms with Gasteiger partial charge in [-0.3, -0.25) is 0 Å². The van der Waals surface area contributed by atoms with Crippen molar-refractivity contribution < 1.29 is 9.53 Å². The van der Waals surface area contributed by atoms with Crippen LogP contribution < -0.4 is 4.90 Å². The maximum Gasteiger partial charge on any atom is 0.418 e. The van der Waals surface area contributed by atoms with Gasteiger partial charge in [-0.2, -0.15) is 0 Å². The summed E-state index contributed by atoms with van der Waals surface area (Å²) in [4.78, 5) is 14.7. The van der Waals surface area contributed by atoms with Crippen LogP contribution in [0.3, 0.4) is 0 Å². The zero-order chi connectivity index (χ0) is 18.5. The first kappa shape index (κ1) is 16.6. The highest BCUT2D eigenvalue weighted by Gasteiger charge is 2.59. The summed E-state index contributed by atoms with van der Waals surface area (Å²) in [6, 6.07) is 18.7. The second-order valence-electron chi connectivity index (χ2n) is 8.19. The van der Waals surface area contributed by atoms with Gasteiger partial charge in [0.25, 0.3) is 0 Å². The van der Waals surface area contributed by atoms with Crippen LogP contribution in [-0.4, -0.2) is 13.2 Å². The van der Waals surface area contributed by atoms with Crippen LogP contribution in [0, 0.1) is 30.6 Å². The Morgan fingerprint density at radius 2 is 1.63 bits per heavy atom. The Morgan fingerprint density at radius 1 is 0.963 bits per heavy atom. The number of anilines is 1. The van der Waals surface area contributed by atoms with Crippen LogP contribution in [0.25, 0.3) is 5.57 Å². The molecular weight excluding hydrogens is 334 g/mol. The number of nitrogens with zero attached hydrogens (tertiary/aromatic N) is 1. The highest BCUT2D eigenvalue weighted by molar-refractivity contribution is 5.97. The fourth-order valence-electron chi connectivity index (χ4n) is 5.71. The van der Waals surface area contributed by atoms with E-state index in [9.17, 15) is 4.79 Å². The standard InChI is InChI=1S/C24H25NO2/c1-15-8-10-16(11-9-15)21-20-17-12-13-18(14-17)22(20)23(21)25(24(26)27-2)19-6-4-3-5-7-19/h3-11,17-18,20,22H,12-14H2,1-2H3/t17-,18+,20-,22-/m1/s1. The quantitative estimate of drug-likeness (QED) is 0.708. The summed E-state index contributed by atoms with van der Waals surface area (Å²) in [7, 11) is 1.47. The van der Waals surface area contributed by atoms with Gasteiger partial charge in [-0.05, 0) is 67.2 Å². The van der Waals surface area contributed by atoms with Gasteiger partial charge < -0.3 is 4.74 Å². The Kier molecular flexibility index (Phi) is 3.85. The summed E-state index contributed by atoms with van der Waals surface area (Å²) < 4.78 is 5.21. The van der Waals surface area contributed by atoms with Crippen LogP contribution in [0.1, 0.15) is 30.4 Å². The maximum absolute atomic E-state index is 12.8. The van der Waals surface area contributed by atoms with E-state index < -0.39 is 0 Å². The zero-order valence-electron chi connectivity index (χ0n) is 15.9. The number of allylic oxidation sites excluding steroid dienone is 2. The number of para-hydroxylation sites is 1. The lowest BCUT2D eigenvalue weighted by Crippen LogP contribution is -2.45. The molecule has 5 rings (SSSR count). The molecule has 3 nitrogen and oxygen atoms in total. The van der Waals surface area contributed by atoms with E-state index in [1.54, 1.807) is 0 Å². The van der Waals surface area contributed by atoms with E-state index in [1.165, 1.54) is 48.8 Å². The third-order valence-electron chi connectivity index (χ3n) is 6.82. The van der Waals surface area contributed by atoms with E-state index in [0.717, 1.165) is 11.6 Å². The van der Waals surface area contributed by atoms with Crippen molar-refractivity contribution in [2.75, 3.05) is 12.0 Å². The van der Waals surface area contributed by atoms with Gasteiger partial charge in [-0.25, -0.2) is 9.69 Å². The molecule has 1 amide bonds. The predicted octanol–water partition coefficient (Wildman–Crippen LogP) is 5.66. The van der Waals surface area contributed by atoms with E-state index in [1.807, 2.05) is 35.2 Å². The number of carbonyl (C=O) groups is 1.